The molecule has 9 nitrogen and oxygen atoms in total. The molecule has 2 saturated heterocycles. The molecule has 4 rings (SSSR count). The van der Waals surface area contributed by atoms with Gasteiger partial charge < -0.3 is 34.7 Å². The highest BCUT2D eigenvalue weighted by molar-refractivity contribution is 5.89. The Morgan fingerprint density at radius 2 is 1.72 bits per heavy atom. The van der Waals surface area contributed by atoms with Crippen LogP contribution < -0.4 is 10.6 Å². The average molecular weight is 547 g/mol. The lowest BCUT2D eigenvalue weighted by Gasteiger charge is -2.35. The van der Waals surface area contributed by atoms with Crippen LogP contribution in [0, 0.1) is 0 Å². The molecule has 0 unspecified atom stereocenters. The number of unbranched alkanes of at least 4 members (excludes halogenated alkanes) is 6. The summed E-state index contributed by atoms with van der Waals surface area (Å²) >= 11 is 0. The normalized spacial score (nSPS) is 26.3. The predicted octanol–water partition coefficient (Wildman–Crippen LogP) is 5.76. The molecule has 3 N–H and O–H groups in total. The van der Waals surface area contributed by atoms with E-state index in [-0.39, 0.29) is 30.7 Å². The Morgan fingerprint density at radius 1 is 1.03 bits per heavy atom. The maximum atomic E-state index is 12.8. The van der Waals surface area contributed by atoms with Crippen molar-refractivity contribution in [3.8, 4) is 0 Å². The third kappa shape index (κ3) is 8.39. The number of hydrogen-bond acceptors (Lipinski definition) is 6. The molecule has 3 fully saturated rings. The number of urea groups is 1. The molecule has 1 spiro atoms. The van der Waals surface area contributed by atoms with Gasteiger partial charge in [-0.15, -0.1) is 0 Å². The van der Waals surface area contributed by atoms with E-state index >= 15 is 0 Å². The molecule has 0 aromatic heterocycles. The minimum atomic E-state index is -0.894. The van der Waals surface area contributed by atoms with Crippen LogP contribution in [0.3, 0.4) is 0 Å². The second kappa shape index (κ2) is 14.4. The van der Waals surface area contributed by atoms with Crippen molar-refractivity contribution in [3.63, 3.8) is 0 Å². The molecular formula is C30H46N2O7. The number of carbonyl (C=O) groups is 2. The summed E-state index contributed by atoms with van der Waals surface area (Å²) < 4.78 is 25.6. The molecule has 3 aliphatic rings. The highest BCUT2D eigenvalue weighted by Gasteiger charge is 2.59. The maximum Gasteiger partial charge on any atom is 0.319 e. The van der Waals surface area contributed by atoms with Crippen LogP contribution in [0.15, 0.2) is 24.3 Å². The van der Waals surface area contributed by atoms with E-state index in [0.717, 1.165) is 38.5 Å². The first kappa shape index (κ1) is 29.8. The van der Waals surface area contributed by atoms with Gasteiger partial charge in [0.05, 0.1) is 12.5 Å². The Kier molecular flexibility index (Phi) is 11.0. The molecule has 0 bridgehead atoms. The summed E-state index contributed by atoms with van der Waals surface area (Å²) in [6, 6.07) is 6.05. The van der Waals surface area contributed by atoms with Gasteiger partial charge in [0.1, 0.15) is 18.3 Å². The summed E-state index contributed by atoms with van der Waals surface area (Å²) in [6.45, 7) is 4.76. The topological polar surface area (TPSA) is 115 Å². The molecule has 2 amide bonds. The van der Waals surface area contributed by atoms with Crippen molar-refractivity contribution >= 4 is 17.7 Å². The minimum Gasteiger partial charge on any atom is -0.481 e. The number of nitrogens with one attached hydrogen (secondary N) is 2. The molecule has 2 aliphatic heterocycles. The summed E-state index contributed by atoms with van der Waals surface area (Å²) in [5.41, 5.74) is 1.25. The van der Waals surface area contributed by atoms with E-state index in [0.29, 0.717) is 17.9 Å². The third-order valence-electron chi connectivity index (χ3n) is 7.98. The monoisotopic (exact) mass is 546 g/mol. The van der Waals surface area contributed by atoms with Gasteiger partial charge in [0.2, 0.25) is 0 Å². The molecular weight excluding hydrogens is 500 g/mol. The highest BCUT2D eigenvalue weighted by atomic mass is 16.8. The van der Waals surface area contributed by atoms with Crippen LogP contribution in [0.5, 0.6) is 0 Å². The van der Waals surface area contributed by atoms with Crippen LogP contribution >= 0.6 is 0 Å². The molecule has 0 radical (unpaired) electrons. The minimum absolute atomic E-state index is 0.0590. The second-order valence-electron chi connectivity index (χ2n) is 11.3. The fourth-order valence-electron chi connectivity index (χ4n) is 5.89. The average Bonchev–Trinajstić information content (AvgIpc) is 3.41. The lowest BCUT2D eigenvalue weighted by molar-refractivity contribution is -0.250. The van der Waals surface area contributed by atoms with E-state index in [1.165, 1.54) is 38.5 Å². The van der Waals surface area contributed by atoms with Crippen LogP contribution in [-0.2, 0) is 30.2 Å². The van der Waals surface area contributed by atoms with Crippen molar-refractivity contribution in [2.24, 2.45) is 0 Å². The van der Waals surface area contributed by atoms with Crippen LogP contribution in [-0.4, -0.2) is 60.1 Å². The summed E-state index contributed by atoms with van der Waals surface area (Å²) in [7, 11) is 0. The van der Waals surface area contributed by atoms with E-state index in [9.17, 15) is 9.59 Å². The van der Waals surface area contributed by atoms with Crippen LogP contribution in [0.1, 0.15) is 96.5 Å². The van der Waals surface area contributed by atoms with E-state index in [1.54, 1.807) is 24.3 Å². The summed E-state index contributed by atoms with van der Waals surface area (Å²) in [4.78, 5) is 23.7. The first-order valence-corrected chi connectivity index (χ1v) is 14.9. The van der Waals surface area contributed by atoms with Crippen LogP contribution in [0.2, 0.25) is 0 Å². The van der Waals surface area contributed by atoms with Crippen molar-refractivity contribution in [1.82, 2.24) is 5.32 Å². The van der Waals surface area contributed by atoms with Gasteiger partial charge in [0, 0.05) is 25.1 Å². The number of carboxylic acids is 1. The quantitative estimate of drug-likeness (QED) is 0.254. The Balaban J connectivity index is 1.31. The van der Waals surface area contributed by atoms with Gasteiger partial charge in [0.15, 0.2) is 12.1 Å². The molecule has 9 heteroatoms. The van der Waals surface area contributed by atoms with E-state index in [2.05, 4.69) is 17.6 Å². The number of carbonyl (C=O) groups excluding carboxylic acids is 1. The van der Waals surface area contributed by atoms with Gasteiger partial charge in [-0.1, -0.05) is 64.0 Å². The third-order valence-corrected chi connectivity index (χ3v) is 7.98. The summed E-state index contributed by atoms with van der Waals surface area (Å²) in [5.74, 6) is -1.46. The SMILES string of the molecule is CCCCCCCCCO[C@@H]1[C@H]2OC3(CCCCC3)O[C@H]2O[C@@H]1[C@H](C)NC(=O)Nc1ccc(CC(=O)O)cc1. The molecule has 39 heavy (non-hydrogen) atoms. The van der Waals surface area contributed by atoms with Gasteiger partial charge in [0.25, 0.3) is 0 Å². The Morgan fingerprint density at radius 3 is 2.41 bits per heavy atom. The van der Waals surface area contributed by atoms with Gasteiger partial charge >= 0.3 is 12.0 Å². The number of ether oxygens (including phenoxy) is 4. The van der Waals surface area contributed by atoms with Crippen LogP contribution in [0.4, 0.5) is 10.5 Å². The Bertz CT molecular complexity index is 918. The predicted molar refractivity (Wildman–Crippen MR) is 148 cm³/mol. The van der Waals surface area contributed by atoms with Crippen molar-refractivity contribution in [2.45, 2.75) is 134 Å². The fourth-order valence-corrected chi connectivity index (χ4v) is 5.89. The summed E-state index contributed by atoms with van der Waals surface area (Å²) in [5, 5.41) is 14.7. The maximum absolute atomic E-state index is 12.8. The van der Waals surface area contributed by atoms with E-state index < -0.39 is 24.2 Å². The Hall–Kier alpha value is -2.20. The lowest BCUT2D eigenvalue weighted by Crippen LogP contribution is -2.50. The highest BCUT2D eigenvalue weighted by Crippen LogP contribution is 2.46. The van der Waals surface area contributed by atoms with E-state index in [1.807, 2.05) is 6.92 Å². The second-order valence-corrected chi connectivity index (χ2v) is 11.3. The molecule has 218 valence electrons. The number of aliphatic carboxylic acids is 1. The van der Waals surface area contributed by atoms with Crippen LogP contribution in [0.25, 0.3) is 0 Å². The Labute approximate surface area is 232 Å². The van der Waals surface area contributed by atoms with Crippen molar-refractivity contribution < 1.29 is 33.6 Å². The molecule has 2 heterocycles. The van der Waals surface area contributed by atoms with Gasteiger partial charge in [-0.3, -0.25) is 4.79 Å². The van der Waals surface area contributed by atoms with Gasteiger partial charge in [-0.05, 0) is 43.9 Å². The first-order valence-electron chi connectivity index (χ1n) is 14.9. The van der Waals surface area contributed by atoms with Crippen molar-refractivity contribution in [1.29, 1.82) is 0 Å². The molecule has 1 aliphatic carbocycles. The molecule has 1 saturated carbocycles. The zero-order valence-electron chi connectivity index (χ0n) is 23.5. The summed E-state index contributed by atoms with van der Waals surface area (Å²) in [6.07, 6.45) is 12.0. The standard InChI is InChI=1S/C30H46N2O7/c1-3-4-5-6-7-8-12-19-36-26-25(37-28-27(26)38-30(39-28)17-10-9-11-18-30)21(2)31-29(35)32-23-15-13-22(14-16-23)20-24(33)34/h13-16,21,25-28H,3-12,17-20H2,1-2H3,(H,33,34)(H2,31,32,35)/t21-,25+,26-,27+,28+/m0/s1. The number of anilines is 1. The van der Waals surface area contributed by atoms with Gasteiger partial charge in [-0.2, -0.15) is 0 Å². The molecule has 1 aromatic rings. The van der Waals surface area contributed by atoms with Crippen molar-refractivity contribution in [2.75, 3.05) is 11.9 Å². The number of carboxylic acid groups (broad SMARTS) is 1. The van der Waals surface area contributed by atoms with E-state index in [4.69, 9.17) is 24.1 Å². The smallest absolute Gasteiger partial charge is 0.319 e. The first-order chi connectivity index (χ1) is 18.9. The molecule has 5 atom stereocenters. The number of amides is 2. The number of benzene rings is 1. The molecule has 1 aromatic carbocycles. The lowest BCUT2D eigenvalue weighted by atomic mass is 9.94. The largest absolute Gasteiger partial charge is 0.481 e. The van der Waals surface area contributed by atoms with Crippen molar-refractivity contribution in [3.05, 3.63) is 29.8 Å². The number of fused-ring (bicyclic) bond motifs is 1. The fraction of sp³-hybridized carbons (Fsp3) is 0.733. The zero-order chi connectivity index (χ0) is 27.7. The number of hydrogen-bond donors (Lipinski definition) is 3. The van der Waals surface area contributed by atoms with Gasteiger partial charge in [-0.25, -0.2) is 4.79 Å². The zero-order valence-corrected chi connectivity index (χ0v) is 23.5. The number of rotatable bonds is 14.